The molecule has 26 heavy (non-hydrogen) atoms. The highest BCUT2D eigenvalue weighted by Crippen LogP contribution is 2.28. The Kier molecular flexibility index (Phi) is 9.36. The number of imide groups is 1. The second-order valence-corrected chi connectivity index (χ2v) is 6.76. The van der Waals surface area contributed by atoms with Crippen molar-refractivity contribution in [2.45, 2.75) is 24.4 Å². The highest BCUT2D eigenvalue weighted by Gasteiger charge is 2.46. The lowest BCUT2D eigenvalue weighted by Gasteiger charge is -2.13. The number of phosphoric acid groups is 2. The second-order valence-electron chi connectivity index (χ2n) is 4.70. The summed E-state index contributed by atoms with van der Waals surface area (Å²) in [7, 11) is -9.28. The molecule has 0 aromatic rings. The molecular weight excluding hydrogens is 408 g/mol. The third-order valence-corrected chi connectivity index (χ3v) is 2.63. The van der Waals surface area contributed by atoms with E-state index in [1.807, 2.05) is 5.32 Å². The SMILES string of the molecule is O=C1C=C([C@@H]2O[C@H](CO)[C@@H](O)[C@H]2O)C(=O)N1.O=P(O)(O)O.O=P(O)(O)O. The highest BCUT2D eigenvalue weighted by molar-refractivity contribution is 7.45. The van der Waals surface area contributed by atoms with Gasteiger partial charge in [-0.25, -0.2) is 9.13 Å². The number of hydrogen-bond donors (Lipinski definition) is 10. The summed E-state index contributed by atoms with van der Waals surface area (Å²) in [4.78, 5) is 65.3. The van der Waals surface area contributed by atoms with Crippen molar-refractivity contribution in [3.63, 3.8) is 0 Å². The standard InChI is InChI=1S/C9H11NO6.2H3O4P/c11-2-4-6(13)7(14)8(16-4)3-1-5(12)10-9(3)15;2*1-5(2,3)4/h1,4,6-8,11,13-14H,2H2,(H,10,12,15);2*(H3,1,2,3,4)/t4-,6-,7-,8+;;/m1../s1. The van der Waals surface area contributed by atoms with Crippen LogP contribution in [0.1, 0.15) is 0 Å². The van der Waals surface area contributed by atoms with Crippen molar-refractivity contribution >= 4 is 27.5 Å². The zero-order valence-electron chi connectivity index (χ0n) is 12.6. The Morgan fingerprint density at radius 3 is 1.65 bits per heavy atom. The van der Waals surface area contributed by atoms with E-state index < -0.39 is 58.5 Å². The monoisotopic (exact) mass is 425 g/mol. The lowest BCUT2D eigenvalue weighted by Crippen LogP contribution is -2.36. The molecule has 0 spiro atoms. The molecule has 1 fully saturated rings. The number of aliphatic hydroxyl groups is 3. The molecule has 2 aliphatic heterocycles. The number of carbonyl (C=O) groups is 2. The number of aliphatic hydroxyl groups excluding tert-OH is 3. The normalized spacial score (nSPS) is 28.4. The van der Waals surface area contributed by atoms with Gasteiger partial charge in [-0.15, -0.1) is 0 Å². The third-order valence-electron chi connectivity index (χ3n) is 2.63. The molecule has 15 nitrogen and oxygen atoms in total. The number of nitrogens with one attached hydrogen (secondary N) is 1. The van der Waals surface area contributed by atoms with E-state index in [2.05, 4.69) is 0 Å². The number of amides is 2. The zero-order valence-corrected chi connectivity index (χ0v) is 14.3. The second kappa shape index (κ2) is 9.75. The average molecular weight is 425 g/mol. The van der Waals surface area contributed by atoms with E-state index in [9.17, 15) is 19.8 Å². The van der Waals surface area contributed by atoms with Gasteiger partial charge in [0.2, 0.25) is 0 Å². The molecular formula is C9H17NO14P2. The largest absolute Gasteiger partial charge is 0.466 e. The van der Waals surface area contributed by atoms with Crippen molar-refractivity contribution in [2.24, 2.45) is 0 Å². The summed E-state index contributed by atoms with van der Waals surface area (Å²) in [6.07, 6.45) is -3.63. The van der Waals surface area contributed by atoms with Crippen molar-refractivity contribution in [3.05, 3.63) is 11.6 Å². The van der Waals surface area contributed by atoms with Gasteiger partial charge < -0.3 is 49.4 Å². The molecule has 2 rings (SSSR count). The van der Waals surface area contributed by atoms with Crippen molar-refractivity contribution < 1.29 is 68.1 Å². The molecule has 2 aliphatic rings. The van der Waals surface area contributed by atoms with Gasteiger partial charge in [0.1, 0.15) is 24.4 Å². The predicted molar refractivity (Wildman–Crippen MR) is 77.5 cm³/mol. The maximum Gasteiger partial charge on any atom is 0.466 e. The Balaban J connectivity index is 0.000000520. The molecule has 0 radical (unpaired) electrons. The van der Waals surface area contributed by atoms with Gasteiger partial charge in [0.05, 0.1) is 12.2 Å². The fourth-order valence-electron chi connectivity index (χ4n) is 1.79. The van der Waals surface area contributed by atoms with Gasteiger partial charge in [-0.1, -0.05) is 0 Å². The van der Waals surface area contributed by atoms with Gasteiger partial charge in [-0.2, -0.15) is 0 Å². The first-order valence-electron chi connectivity index (χ1n) is 6.30. The first-order valence-corrected chi connectivity index (χ1v) is 9.43. The Bertz CT molecular complexity index is 600. The summed E-state index contributed by atoms with van der Waals surface area (Å²) in [6, 6.07) is 0. The van der Waals surface area contributed by atoms with Gasteiger partial charge in [0.15, 0.2) is 0 Å². The van der Waals surface area contributed by atoms with Gasteiger partial charge in [-0.05, 0) is 0 Å². The molecule has 2 heterocycles. The molecule has 2 amide bonds. The lowest BCUT2D eigenvalue weighted by atomic mass is 10.0. The van der Waals surface area contributed by atoms with Crippen LogP contribution in [0.25, 0.3) is 0 Å². The zero-order chi connectivity index (χ0) is 20.9. The maximum atomic E-state index is 11.3. The molecule has 0 unspecified atom stereocenters. The van der Waals surface area contributed by atoms with Crippen LogP contribution in [0.15, 0.2) is 11.6 Å². The molecule has 0 aliphatic carbocycles. The summed E-state index contributed by atoms with van der Waals surface area (Å²) >= 11 is 0. The van der Waals surface area contributed by atoms with E-state index in [-0.39, 0.29) is 5.57 Å². The molecule has 152 valence electrons. The van der Waals surface area contributed by atoms with Crippen LogP contribution in [0.5, 0.6) is 0 Å². The van der Waals surface area contributed by atoms with Crippen molar-refractivity contribution in [1.82, 2.24) is 5.32 Å². The minimum atomic E-state index is -4.64. The molecule has 0 saturated carbocycles. The molecule has 10 N–H and O–H groups in total. The van der Waals surface area contributed by atoms with E-state index in [1.54, 1.807) is 0 Å². The van der Waals surface area contributed by atoms with Crippen molar-refractivity contribution in [2.75, 3.05) is 6.61 Å². The van der Waals surface area contributed by atoms with E-state index in [1.165, 1.54) is 0 Å². The lowest BCUT2D eigenvalue weighted by molar-refractivity contribution is -0.124. The first kappa shape index (κ1) is 24.9. The third kappa shape index (κ3) is 10.2. The summed E-state index contributed by atoms with van der Waals surface area (Å²) < 4.78 is 22.9. The highest BCUT2D eigenvalue weighted by atomic mass is 31.2. The predicted octanol–water partition coefficient (Wildman–Crippen LogP) is -4.81. The fourth-order valence-corrected chi connectivity index (χ4v) is 1.79. The fraction of sp³-hybridized carbons (Fsp3) is 0.556. The van der Waals surface area contributed by atoms with Crippen molar-refractivity contribution in [3.8, 4) is 0 Å². The molecule has 0 bridgehead atoms. The van der Waals surface area contributed by atoms with Crippen LogP contribution in [0.2, 0.25) is 0 Å². The maximum absolute atomic E-state index is 11.3. The van der Waals surface area contributed by atoms with E-state index in [4.69, 9.17) is 48.3 Å². The number of ether oxygens (including phenoxy) is 1. The molecule has 0 aromatic carbocycles. The summed E-state index contributed by atoms with van der Waals surface area (Å²) in [5, 5.41) is 29.9. The Morgan fingerprint density at radius 1 is 0.962 bits per heavy atom. The van der Waals surface area contributed by atoms with Gasteiger partial charge in [0, 0.05) is 6.08 Å². The average Bonchev–Trinajstić information content (AvgIpc) is 2.87. The van der Waals surface area contributed by atoms with Crippen LogP contribution < -0.4 is 5.32 Å². The van der Waals surface area contributed by atoms with Gasteiger partial charge in [0.25, 0.3) is 11.8 Å². The molecule has 4 atom stereocenters. The molecule has 0 aromatic heterocycles. The van der Waals surface area contributed by atoms with Gasteiger partial charge >= 0.3 is 15.6 Å². The number of hydrogen-bond acceptors (Lipinski definition) is 8. The smallest absolute Gasteiger partial charge is 0.394 e. The summed E-state index contributed by atoms with van der Waals surface area (Å²) in [5.41, 5.74) is -0.0347. The van der Waals surface area contributed by atoms with Crippen LogP contribution in [-0.4, -0.2) is 87.5 Å². The van der Waals surface area contributed by atoms with Crippen molar-refractivity contribution in [1.29, 1.82) is 0 Å². The van der Waals surface area contributed by atoms with E-state index >= 15 is 0 Å². The molecule has 1 saturated heterocycles. The number of carbonyl (C=O) groups excluding carboxylic acids is 2. The Labute approximate surface area is 144 Å². The van der Waals surface area contributed by atoms with Crippen LogP contribution in [0.3, 0.4) is 0 Å². The van der Waals surface area contributed by atoms with Crippen LogP contribution in [0, 0.1) is 0 Å². The topological polar surface area (TPSA) is 272 Å². The summed E-state index contributed by atoms with van der Waals surface area (Å²) in [6.45, 7) is -0.475. The minimum Gasteiger partial charge on any atom is -0.394 e. The Morgan fingerprint density at radius 2 is 1.38 bits per heavy atom. The molecule has 17 heteroatoms. The first-order chi connectivity index (χ1) is 11.5. The van der Waals surface area contributed by atoms with Crippen LogP contribution in [-0.2, 0) is 23.5 Å². The van der Waals surface area contributed by atoms with Crippen LogP contribution >= 0.6 is 15.6 Å². The summed E-state index contributed by atoms with van der Waals surface area (Å²) in [5.74, 6) is -1.24. The van der Waals surface area contributed by atoms with Gasteiger partial charge in [-0.3, -0.25) is 14.9 Å². The van der Waals surface area contributed by atoms with Crippen LogP contribution in [0.4, 0.5) is 0 Å². The Hall–Kier alpha value is -1.06. The van der Waals surface area contributed by atoms with E-state index in [0.717, 1.165) is 6.08 Å². The van der Waals surface area contributed by atoms with E-state index in [0.29, 0.717) is 0 Å². The minimum absolute atomic E-state index is 0.0347. The number of rotatable bonds is 2. The quantitative estimate of drug-likeness (QED) is 0.147.